The minimum atomic E-state index is 0.190. The van der Waals surface area contributed by atoms with Gasteiger partial charge in [-0.2, -0.15) is 0 Å². The molecule has 0 unspecified atom stereocenters. The van der Waals surface area contributed by atoms with Gasteiger partial charge in [0.1, 0.15) is 28.7 Å². The molecule has 1 rings (SSSR count). The van der Waals surface area contributed by atoms with Crippen molar-refractivity contribution in [2.24, 2.45) is 0 Å². The number of benzene rings is 1. The Balaban J connectivity index is 2.82. The summed E-state index contributed by atoms with van der Waals surface area (Å²) < 4.78 is 15.8. The molecule has 0 aliphatic rings. The fourth-order valence-corrected chi connectivity index (χ4v) is 1.73. The Hall–Kier alpha value is -1.91. The van der Waals surface area contributed by atoms with Crippen LogP contribution in [0.3, 0.4) is 0 Å². The summed E-state index contributed by atoms with van der Waals surface area (Å²) in [5, 5.41) is 3.23. The Bertz CT molecular complexity index is 406. The number of carbonyl (C=O) groups is 1. The van der Waals surface area contributed by atoms with Gasteiger partial charge in [0.15, 0.2) is 0 Å². The normalized spacial score (nSPS) is 9.89. The third-order valence-electron chi connectivity index (χ3n) is 2.72. The zero-order chi connectivity index (χ0) is 14.3. The first-order valence-electron chi connectivity index (χ1n) is 6.15. The maximum atomic E-state index is 10.9. The maximum Gasteiger partial charge on any atom is 0.149 e. The molecular formula is C14H21NO4. The lowest BCUT2D eigenvalue weighted by Gasteiger charge is -2.16. The summed E-state index contributed by atoms with van der Waals surface area (Å²) in [6.45, 7) is 2.27. The number of hydrogen-bond donors (Lipinski definition) is 1. The molecular weight excluding hydrogens is 246 g/mol. The zero-order valence-corrected chi connectivity index (χ0v) is 11.9. The average molecular weight is 267 g/mol. The summed E-state index contributed by atoms with van der Waals surface area (Å²) in [7, 11) is 4.78. The minimum Gasteiger partial charge on any atom is -0.496 e. The molecule has 1 N–H and O–H groups in total. The van der Waals surface area contributed by atoms with Gasteiger partial charge in [-0.25, -0.2) is 0 Å². The summed E-state index contributed by atoms with van der Waals surface area (Å²) in [6, 6.07) is 3.58. The van der Waals surface area contributed by atoms with Crippen molar-refractivity contribution in [3.63, 3.8) is 0 Å². The number of anilines is 1. The van der Waals surface area contributed by atoms with Gasteiger partial charge in [-0.15, -0.1) is 0 Å². The van der Waals surface area contributed by atoms with Gasteiger partial charge in [0.05, 0.1) is 21.3 Å². The van der Waals surface area contributed by atoms with E-state index in [0.717, 1.165) is 12.1 Å². The Kier molecular flexibility index (Phi) is 5.99. The van der Waals surface area contributed by atoms with E-state index < -0.39 is 0 Å². The van der Waals surface area contributed by atoms with Crippen molar-refractivity contribution in [1.29, 1.82) is 0 Å². The van der Waals surface area contributed by atoms with Gasteiger partial charge in [0.2, 0.25) is 0 Å². The van der Waals surface area contributed by atoms with E-state index in [-0.39, 0.29) is 5.78 Å². The highest BCUT2D eigenvalue weighted by atomic mass is 16.5. The van der Waals surface area contributed by atoms with Crippen molar-refractivity contribution in [2.75, 3.05) is 33.2 Å². The summed E-state index contributed by atoms with van der Waals surface area (Å²) in [5.41, 5.74) is 0.773. The van der Waals surface area contributed by atoms with Crippen LogP contribution in [0, 0.1) is 0 Å². The summed E-state index contributed by atoms with van der Waals surface area (Å²) in [6.07, 6.45) is 1.33. The zero-order valence-electron chi connectivity index (χ0n) is 11.9. The van der Waals surface area contributed by atoms with Crippen molar-refractivity contribution < 1.29 is 19.0 Å². The Labute approximate surface area is 113 Å². The molecule has 0 aromatic heterocycles. The van der Waals surface area contributed by atoms with E-state index in [2.05, 4.69) is 5.32 Å². The molecule has 0 bridgehead atoms. The largest absolute Gasteiger partial charge is 0.496 e. The lowest BCUT2D eigenvalue weighted by atomic mass is 10.2. The SMILES string of the molecule is COc1cc(OC)c(NCCCC(C)=O)c(OC)c1. The van der Waals surface area contributed by atoms with Crippen LogP contribution in [0.25, 0.3) is 0 Å². The predicted molar refractivity (Wildman–Crippen MR) is 74.5 cm³/mol. The van der Waals surface area contributed by atoms with Gasteiger partial charge in [0.25, 0.3) is 0 Å². The van der Waals surface area contributed by atoms with Gasteiger partial charge in [0, 0.05) is 25.1 Å². The van der Waals surface area contributed by atoms with Crippen molar-refractivity contribution in [3.05, 3.63) is 12.1 Å². The quantitative estimate of drug-likeness (QED) is 0.733. The number of carbonyl (C=O) groups excluding carboxylic acids is 1. The number of Topliss-reactive ketones (excluding diaryl/α,β-unsaturated/α-hetero) is 1. The van der Waals surface area contributed by atoms with Crippen molar-refractivity contribution in [1.82, 2.24) is 0 Å². The van der Waals surface area contributed by atoms with Crippen molar-refractivity contribution in [2.45, 2.75) is 19.8 Å². The molecule has 0 atom stereocenters. The van der Waals surface area contributed by atoms with Gasteiger partial charge >= 0.3 is 0 Å². The Morgan fingerprint density at radius 3 is 2.11 bits per heavy atom. The molecule has 0 saturated heterocycles. The molecule has 0 saturated carbocycles. The van der Waals surface area contributed by atoms with E-state index in [4.69, 9.17) is 14.2 Å². The van der Waals surface area contributed by atoms with E-state index in [9.17, 15) is 4.79 Å². The fourth-order valence-electron chi connectivity index (χ4n) is 1.73. The van der Waals surface area contributed by atoms with Crippen LogP contribution in [-0.2, 0) is 4.79 Å². The number of ketones is 1. The second kappa shape index (κ2) is 7.51. The van der Waals surface area contributed by atoms with Crippen LogP contribution in [-0.4, -0.2) is 33.7 Å². The van der Waals surface area contributed by atoms with Crippen LogP contribution in [0.4, 0.5) is 5.69 Å². The van der Waals surface area contributed by atoms with Gasteiger partial charge in [-0.3, -0.25) is 0 Å². The van der Waals surface area contributed by atoms with Crippen LogP contribution in [0.5, 0.6) is 17.2 Å². The Morgan fingerprint density at radius 2 is 1.68 bits per heavy atom. The van der Waals surface area contributed by atoms with E-state index in [1.54, 1.807) is 40.4 Å². The number of hydrogen-bond acceptors (Lipinski definition) is 5. The second-order valence-electron chi connectivity index (χ2n) is 4.14. The van der Waals surface area contributed by atoms with Gasteiger partial charge in [-0.1, -0.05) is 0 Å². The summed E-state index contributed by atoms with van der Waals surface area (Å²) in [5.74, 6) is 2.16. The van der Waals surface area contributed by atoms with Crippen LogP contribution >= 0.6 is 0 Å². The third kappa shape index (κ3) is 4.35. The molecule has 5 nitrogen and oxygen atoms in total. The van der Waals surface area contributed by atoms with Crippen molar-refractivity contribution in [3.8, 4) is 17.2 Å². The first kappa shape index (κ1) is 15.1. The van der Waals surface area contributed by atoms with Crippen LogP contribution in [0.1, 0.15) is 19.8 Å². The van der Waals surface area contributed by atoms with Crippen LogP contribution < -0.4 is 19.5 Å². The lowest BCUT2D eigenvalue weighted by molar-refractivity contribution is -0.117. The molecule has 5 heteroatoms. The first-order valence-corrected chi connectivity index (χ1v) is 6.15. The number of ether oxygens (including phenoxy) is 3. The molecule has 19 heavy (non-hydrogen) atoms. The molecule has 0 aliphatic heterocycles. The first-order chi connectivity index (χ1) is 9.12. The van der Waals surface area contributed by atoms with Gasteiger partial charge < -0.3 is 24.3 Å². The van der Waals surface area contributed by atoms with Crippen LogP contribution in [0.15, 0.2) is 12.1 Å². The monoisotopic (exact) mass is 267 g/mol. The van der Waals surface area contributed by atoms with Crippen molar-refractivity contribution >= 4 is 11.5 Å². The highest BCUT2D eigenvalue weighted by Crippen LogP contribution is 2.38. The molecule has 1 aromatic rings. The minimum absolute atomic E-state index is 0.190. The molecule has 0 fully saturated rings. The van der Waals surface area contributed by atoms with E-state index >= 15 is 0 Å². The van der Waals surface area contributed by atoms with E-state index in [0.29, 0.717) is 30.2 Å². The highest BCUT2D eigenvalue weighted by molar-refractivity contribution is 5.75. The third-order valence-corrected chi connectivity index (χ3v) is 2.72. The number of methoxy groups -OCH3 is 3. The molecule has 0 aliphatic carbocycles. The smallest absolute Gasteiger partial charge is 0.149 e. The highest BCUT2D eigenvalue weighted by Gasteiger charge is 2.12. The maximum absolute atomic E-state index is 10.9. The number of rotatable bonds is 8. The molecule has 1 aromatic carbocycles. The fraction of sp³-hybridized carbons (Fsp3) is 0.500. The predicted octanol–water partition coefficient (Wildman–Crippen LogP) is 2.49. The van der Waals surface area contributed by atoms with E-state index in [1.165, 1.54) is 0 Å². The van der Waals surface area contributed by atoms with Gasteiger partial charge in [-0.05, 0) is 13.3 Å². The molecule has 0 heterocycles. The molecule has 0 radical (unpaired) electrons. The standard InChI is InChI=1S/C14H21NO4/c1-10(16)6-5-7-15-14-12(18-3)8-11(17-2)9-13(14)19-4/h8-9,15H,5-7H2,1-4H3. The topological polar surface area (TPSA) is 56.8 Å². The molecule has 106 valence electrons. The molecule has 0 spiro atoms. The summed E-state index contributed by atoms with van der Waals surface area (Å²) >= 11 is 0. The molecule has 0 amide bonds. The summed E-state index contributed by atoms with van der Waals surface area (Å²) in [4.78, 5) is 10.9. The lowest BCUT2D eigenvalue weighted by Crippen LogP contribution is -2.06. The van der Waals surface area contributed by atoms with E-state index in [1.807, 2.05) is 0 Å². The van der Waals surface area contributed by atoms with Crippen LogP contribution in [0.2, 0.25) is 0 Å². The average Bonchev–Trinajstić information content (AvgIpc) is 2.42. The second-order valence-corrected chi connectivity index (χ2v) is 4.14. The Morgan fingerprint density at radius 1 is 1.11 bits per heavy atom. The number of nitrogens with one attached hydrogen (secondary N) is 1.